The van der Waals surface area contributed by atoms with Crippen LogP contribution in [0.4, 0.5) is 0 Å². The van der Waals surface area contributed by atoms with Gasteiger partial charge < -0.3 is 4.90 Å². The van der Waals surface area contributed by atoms with E-state index >= 15 is 0 Å². The molecule has 2 aliphatic rings. The molecule has 0 aliphatic carbocycles. The highest BCUT2D eigenvalue weighted by molar-refractivity contribution is 7.28. The number of allylic oxidation sites excluding steroid dienone is 5. The molecule has 0 spiro atoms. The van der Waals surface area contributed by atoms with Crippen molar-refractivity contribution in [1.82, 2.24) is 9.88 Å². The molecule has 3 heterocycles. The number of nitrogens with zero attached hydrogens (tertiary/aromatic N) is 3. The number of pyridine rings is 1. The number of rotatable bonds is 6. The Hall–Kier alpha value is -3.81. The number of hydrogen-bond donors (Lipinski definition) is 0. The van der Waals surface area contributed by atoms with Crippen LogP contribution < -0.4 is 5.30 Å². The maximum atomic E-state index is 4.87. The van der Waals surface area contributed by atoms with E-state index in [2.05, 4.69) is 121 Å². The first-order valence-electron chi connectivity index (χ1n) is 13.2. The number of benzene rings is 2. The molecule has 0 fully saturated rings. The van der Waals surface area contributed by atoms with Crippen LogP contribution in [0.2, 0.25) is 0 Å². The van der Waals surface area contributed by atoms with Crippen LogP contribution in [0.15, 0.2) is 102 Å². The van der Waals surface area contributed by atoms with Crippen molar-refractivity contribution in [3.05, 3.63) is 119 Å². The van der Waals surface area contributed by atoms with E-state index < -0.39 is 0 Å². The first-order chi connectivity index (χ1) is 18.4. The summed E-state index contributed by atoms with van der Waals surface area (Å²) in [6, 6.07) is 17.2. The lowest BCUT2D eigenvalue weighted by Gasteiger charge is -2.30. The van der Waals surface area contributed by atoms with Gasteiger partial charge in [0.25, 0.3) is 0 Å². The molecule has 0 saturated heterocycles. The van der Waals surface area contributed by atoms with Crippen molar-refractivity contribution in [2.75, 3.05) is 0 Å². The van der Waals surface area contributed by atoms with E-state index in [1.165, 1.54) is 33.5 Å². The number of aromatic nitrogens is 1. The summed E-state index contributed by atoms with van der Waals surface area (Å²) in [6.07, 6.45) is 14.8. The van der Waals surface area contributed by atoms with E-state index in [-0.39, 0.29) is 0 Å². The van der Waals surface area contributed by atoms with E-state index in [0.29, 0.717) is 0 Å². The molecule has 0 radical (unpaired) electrons. The molecule has 0 amide bonds. The molecule has 4 heteroatoms. The highest BCUT2D eigenvalue weighted by atomic mass is 31.0. The monoisotopic (exact) mass is 515 g/mol. The Balaban J connectivity index is 1.56. The minimum atomic E-state index is 0.924. The molecule has 38 heavy (non-hydrogen) atoms. The number of fused-ring (bicyclic) bond motifs is 1. The maximum Gasteiger partial charge on any atom is 0.137 e. The van der Waals surface area contributed by atoms with Crippen LogP contribution in [0.5, 0.6) is 0 Å². The second-order valence-electron chi connectivity index (χ2n) is 9.60. The Morgan fingerprint density at radius 2 is 1.66 bits per heavy atom. The Morgan fingerprint density at radius 3 is 2.37 bits per heavy atom. The number of amidine groups is 1. The molecule has 0 N–H and O–H groups in total. The summed E-state index contributed by atoms with van der Waals surface area (Å²) < 4.78 is 0. The lowest BCUT2D eigenvalue weighted by molar-refractivity contribution is 0.691. The predicted molar refractivity (Wildman–Crippen MR) is 167 cm³/mol. The number of hydrogen-bond acceptors (Lipinski definition) is 3. The summed E-state index contributed by atoms with van der Waals surface area (Å²) in [5, 5.41) is 1.15. The summed E-state index contributed by atoms with van der Waals surface area (Å²) in [7, 11) is 2.97. The van der Waals surface area contributed by atoms with Gasteiger partial charge in [0.1, 0.15) is 5.84 Å². The quantitative estimate of drug-likeness (QED) is 0.309. The zero-order valence-corrected chi connectivity index (χ0v) is 23.8. The van der Waals surface area contributed by atoms with E-state index in [4.69, 9.17) is 9.98 Å². The van der Waals surface area contributed by atoms with Crippen LogP contribution in [0, 0.1) is 13.8 Å². The molecule has 1 unspecified atom stereocenters. The lowest BCUT2D eigenvalue weighted by Crippen LogP contribution is -2.28. The lowest BCUT2D eigenvalue weighted by atomic mass is 9.91. The molecule has 190 valence electrons. The van der Waals surface area contributed by atoms with Crippen LogP contribution in [0.25, 0.3) is 34.0 Å². The second kappa shape index (κ2) is 10.9. The fraction of sp³-hybridized carbons (Fsp3) is 0.176. The molecule has 2 aromatic carbocycles. The van der Waals surface area contributed by atoms with Crippen molar-refractivity contribution in [3.8, 4) is 22.4 Å². The van der Waals surface area contributed by atoms with Crippen LogP contribution in [-0.2, 0) is 0 Å². The largest absolute Gasteiger partial charge is 0.301 e. The van der Waals surface area contributed by atoms with Gasteiger partial charge in [-0.05, 0) is 89.7 Å². The third kappa shape index (κ3) is 4.75. The Bertz CT molecular complexity index is 1580. The fourth-order valence-corrected chi connectivity index (χ4v) is 5.61. The number of aryl methyl sites for hydroxylation is 1. The average molecular weight is 516 g/mol. The van der Waals surface area contributed by atoms with Crippen molar-refractivity contribution < 1.29 is 0 Å². The molecular formula is C34H34N3P. The SMILES string of the molecule is C=Cc1ccc(-c2cccc(-c3cccc(C4=CN5C(=NC(CC)=C/C5=C\CC)C=C4)c3C)c2P)nc1C. The summed E-state index contributed by atoms with van der Waals surface area (Å²) in [6.45, 7) is 12.5. The van der Waals surface area contributed by atoms with E-state index in [9.17, 15) is 0 Å². The van der Waals surface area contributed by atoms with Gasteiger partial charge in [-0.25, -0.2) is 4.99 Å². The molecule has 0 saturated carbocycles. The minimum Gasteiger partial charge on any atom is -0.301 e. The van der Waals surface area contributed by atoms with Gasteiger partial charge in [-0.15, -0.1) is 9.24 Å². The molecule has 3 nitrogen and oxygen atoms in total. The molecule has 0 bridgehead atoms. The Morgan fingerprint density at radius 1 is 0.921 bits per heavy atom. The average Bonchev–Trinajstić information content (AvgIpc) is 2.93. The highest BCUT2D eigenvalue weighted by Gasteiger charge is 2.21. The van der Waals surface area contributed by atoms with Crippen molar-refractivity contribution in [3.63, 3.8) is 0 Å². The van der Waals surface area contributed by atoms with Crippen molar-refractivity contribution >= 4 is 32.0 Å². The highest BCUT2D eigenvalue weighted by Crippen LogP contribution is 2.35. The topological polar surface area (TPSA) is 28.5 Å². The molecule has 3 aromatic rings. The fourth-order valence-electron chi connectivity index (χ4n) is 5.12. The van der Waals surface area contributed by atoms with Crippen molar-refractivity contribution in [1.29, 1.82) is 0 Å². The summed E-state index contributed by atoms with van der Waals surface area (Å²) in [4.78, 5) is 11.9. The van der Waals surface area contributed by atoms with Gasteiger partial charge >= 0.3 is 0 Å². The minimum absolute atomic E-state index is 0.924. The van der Waals surface area contributed by atoms with Gasteiger partial charge in [-0.1, -0.05) is 75.0 Å². The smallest absolute Gasteiger partial charge is 0.137 e. The van der Waals surface area contributed by atoms with E-state index in [0.717, 1.165) is 52.2 Å². The summed E-state index contributed by atoms with van der Waals surface area (Å²) in [5.41, 5.74) is 12.5. The molecule has 1 aromatic heterocycles. The van der Waals surface area contributed by atoms with Crippen LogP contribution in [0.3, 0.4) is 0 Å². The van der Waals surface area contributed by atoms with E-state index in [1.54, 1.807) is 0 Å². The Labute approximate surface area is 228 Å². The van der Waals surface area contributed by atoms with Crippen LogP contribution in [0.1, 0.15) is 49.1 Å². The summed E-state index contributed by atoms with van der Waals surface area (Å²) in [5.74, 6) is 0.979. The zero-order chi connectivity index (χ0) is 26.8. The molecular weight excluding hydrogens is 481 g/mol. The van der Waals surface area contributed by atoms with Crippen LogP contribution >= 0.6 is 9.24 Å². The second-order valence-corrected chi connectivity index (χ2v) is 10.2. The van der Waals surface area contributed by atoms with Gasteiger partial charge in [0, 0.05) is 28.9 Å². The van der Waals surface area contributed by atoms with Crippen molar-refractivity contribution in [2.24, 2.45) is 4.99 Å². The normalized spacial score (nSPS) is 15.7. The van der Waals surface area contributed by atoms with Crippen molar-refractivity contribution in [2.45, 2.75) is 40.5 Å². The van der Waals surface area contributed by atoms with Gasteiger partial charge in [0.05, 0.1) is 5.69 Å². The third-order valence-electron chi connectivity index (χ3n) is 7.22. The van der Waals surface area contributed by atoms with E-state index in [1.807, 2.05) is 13.0 Å². The zero-order valence-electron chi connectivity index (χ0n) is 22.6. The Kier molecular flexibility index (Phi) is 7.40. The van der Waals surface area contributed by atoms with Crippen LogP contribution in [-0.4, -0.2) is 15.7 Å². The van der Waals surface area contributed by atoms with Gasteiger partial charge in [0.2, 0.25) is 0 Å². The first kappa shape index (κ1) is 25.8. The van der Waals surface area contributed by atoms with Gasteiger partial charge in [0.15, 0.2) is 0 Å². The predicted octanol–water partition coefficient (Wildman–Crippen LogP) is 8.39. The first-order valence-corrected chi connectivity index (χ1v) is 13.8. The molecule has 5 rings (SSSR count). The molecule has 1 atom stereocenters. The maximum absolute atomic E-state index is 4.87. The van der Waals surface area contributed by atoms with Gasteiger partial charge in [-0.3, -0.25) is 4.98 Å². The summed E-state index contributed by atoms with van der Waals surface area (Å²) >= 11 is 0. The van der Waals surface area contributed by atoms with Gasteiger partial charge in [-0.2, -0.15) is 0 Å². The third-order valence-corrected chi connectivity index (χ3v) is 7.84. The number of aliphatic imine (C=N–C) groups is 1. The standard InChI is InChI=1S/C34H34N3P/c1-6-11-27-20-26(8-3)36-33-19-17-25(21-37(27)33)28-12-9-13-29(22(28)4)30-14-10-15-31(34(30)38)32-18-16-24(7-2)23(5)35-32/h7,9-21H,2,6,8,38H2,1,3-5H3/b27-11+. The molecule has 2 aliphatic heterocycles.